The van der Waals surface area contributed by atoms with E-state index < -0.39 is 5.97 Å². The molecule has 0 radical (unpaired) electrons. The summed E-state index contributed by atoms with van der Waals surface area (Å²) >= 11 is 6.55. The van der Waals surface area contributed by atoms with Crippen LogP contribution in [0.15, 0.2) is 60.7 Å². The SMILES string of the molecule is COc1ccc(COc2ccc(C(=O)CCC(=O)O)c(Cl)c2OCc2ccc(OC)cc2)cc1. The van der Waals surface area contributed by atoms with Crippen LogP contribution in [-0.4, -0.2) is 31.1 Å². The van der Waals surface area contributed by atoms with Crippen LogP contribution in [0.1, 0.15) is 34.3 Å². The van der Waals surface area contributed by atoms with Crippen LogP contribution in [0.5, 0.6) is 23.0 Å². The van der Waals surface area contributed by atoms with Gasteiger partial charge in [-0.3, -0.25) is 9.59 Å². The molecule has 0 heterocycles. The van der Waals surface area contributed by atoms with Gasteiger partial charge in [-0.05, 0) is 47.5 Å². The molecule has 0 spiro atoms. The minimum Gasteiger partial charge on any atom is -0.497 e. The zero-order valence-electron chi connectivity index (χ0n) is 18.9. The molecular formula is C26H25ClO7. The number of hydrogen-bond acceptors (Lipinski definition) is 6. The van der Waals surface area contributed by atoms with Crippen molar-refractivity contribution >= 4 is 23.4 Å². The summed E-state index contributed by atoms with van der Waals surface area (Å²) in [5.41, 5.74) is 1.95. The maximum absolute atomic E-state index is 12.5. The summed E-state index contributed by atoms with van der Waals surface area (Å²) in [6, 6.07) is 17.9. The third kappa shape index (κ3) is 6.65. The van der Waals surface area contributed by atoms with Crippen LogP contribution in [0.4, 0.5) is 0 Å². The van der Waals surface area contributed by atoms with Crippen molar-refractivity contribution in [1.29, 1.82) is 0 Å². The Morgan fingerprint density at radius 3 is 1.79 bits per heavy atom. The van der Waals surface area contributed by atoms with E-state index in [9.17, 15) is 9.59 Å². The average Bonchev–Trinajstić information content (AvgIpc) is 2.86. The molecule has 0 fully saturated rings. The first-order chi connectivity index (χ1) is 16.4. The molecule has 0 aliphatic carbocycles. The molecule has 0 saturated heterocycles. The van der Waals surface area contributed by atoms with Crippen molar-refractivity contribution in [2.45, 2.75) is 26.1 Å². The summed E-state index contributed by atoms with van der Waals surface area (Å²) < 4.78 is 22.3. The van der Waals surface area contributed by atoms with Crippen molar-refractivity contribution < 1.29 is 33.6 Å². The van der Waals surface area contributed by atoms with Gasteiger partial charge in [0.25, 0.3) is 0 Å². The van der Waals surface area contributed by atoms with Crippen molar-refractivity contribution in [2.75, 3.05) is 14.2 Å². The molecule has 0 bridgehead atoms. The number of ether oxygens (including phenoxy) is 4. The van der Waals surface area contributed by atoms with Crippen LogP contribution in [-0.2, 0) is 18.0 Å². The lowest BCUT2D eigenvalue weighted by atomic mass is 10.1. The first-order valence-electron chi connectivity index (χ1n) is 10.5. The fourth-order valence-corrected chi connectivity index (χ4v) is 3.43. The number of rotatable bonds is 12. The standard InChI is InChI=1S/C26H25ClO7/c1-31-19-7-3-17(4-8-19)15-33-23-13-11-21(22(28)12-14-24(29)30)25(27)26(23)34-16-18-5-9-20(32-2)10-6-18/h3-11,13H,12,14-16H2,1-2H3,(H,29,30). The van der Waals surface area contributed by atoms with Crippen LogP contribution >= 0.6 is 11.6 Å². The van der Waals surface area contributed by atoms with Gasteiger partial charge in [-0.2, -0.15) is 0 Å². The lowest BCUT2D eigenvalue weighted by molar-refractivity contribution is -0.136. The maximum Gasteiger partial charge on any atom is 0.303 e. The van der Waals surface area contributed by atoms with Crippen molar-refractivity contribution in [3.63, 3.8) is 0 Å². The fourth-order valence-electron chi connectivity index (χ4n) is 3.12. The fraction of sp³-hybridized carbons (Fsp3) is 0.231. The molecule has 0 saturated carbocycles. The topological polar surface area (TPSA) is 91.3 Å². The van der Waals surface area contributed by atoms with Gasteiger partial charge in [0.1, 0.15) is 24.7 Å². The molecule has 1 N–H and O–H groups in total. The largest absolute Gasteiger partial charge is 0.497 e. The van der Waals surface area contributed by atoms with Crippen LogP contribution in [0.3, 0.4) is 0 Å². The Labute approximate surface area is 202 Å². The van der Waals surface area contributed by atoms with Gasteiger partial charge in [0, 0.05) is 12.0 Å². The number of carboxylic acid groups (broad SMARTS) is 1. The lowest BCUT2D eigenvalue weighted by Gasteiger charge is -2.17. The second-order valence-corrected chi connectivity index (χ2v) is 7.72. The summed E-state index contributed by atoms with van der Waals surface area (Å²) in [6.45, 7) is 0.418. The molecule has 0 unspecified atom stereocenters. The Kier molecular flexibility index (Phi) is 8.76. The van der Waals surface area contributed by atoms with E-state index in [-0.39, 0.29) is 48.2 Å². The number of aliphatic carboxylic acids is 1. The van der Waals surface area contributed by atoms with Crippen molar-refractivity contribution in [1.82, 2.24) is 0 Å². The van der Waals surface area contributed by atoms with Crippen molar-refractivity contribution in [3.8, 4) is 23.0 Å². The predicted octanol–water partition coefficient (Wildman–Crippen LogP) is 5.56. The highest BCUT2D eigenvalue weighted by molar-refractivity contribution is 6.35. The van der Waals surface area contributed by atoms with E-state index in [0.717, 1.165) is 22.6 Å². The molecule has 178 valence electrons. The van der Waals surface area contributed by atoms with Gasteiger partial charge in [0.15, 0.2) is 17.3 Å². The lowest BCUT2D eigenvalue weighted by Crippen LogP contribution is -2.07. The monoisotopic (exact) mass is 484 g/mol. The molecule has 0 amide bonds. The van der Waals surface area contributed by atoms with Crippen LogP contribution in [0.2, 0.25) is 5.02 Å². The highest BCUT2D eigenvalue weighted by Gasteiger charge is 2.20. The Morgan fingerprint density at radius 1 is 0.765 bits per heavy atom. The number of hydrogen-bond donors (Lipinski definition) is 1. The second-order valence-electron chi connectivity index (χ2n) is 7.34. The molecule has 3 rings (SSSR count). The van der Waals surface area contributed by atoms with Gasteiger partial charge in [-0.1, -0.05) is 35.9 Å². The average molecular weight is 485 g/mol. The smallest absolute Gasteiger partial charge is 0.303 e. The van der Waals surface area contributed by atoms with E-state index in [1.807, 2.05) is 48.5 Å². The molecular weight excluding hydrogens is 460 g/mol. The zero-order chi connectivity index (χ0) is 24.5. The Morgan fingerprint density at radius 2 is 1.29 bits per heavy atom. The van der Waals surface area contributed by atoms with Crippen LogP contribution in [0.25, 0.3) is 0 Å². The summed E-state index contributed by atoms with van der Waals surface area (Å²) in [5, 5.41) is 8.97. The molecule has 0 aliphatic rings. The van der Waals surface area contributed by atoms with Gasteiger partial charge in [0.2, 0.25) is 0 Å². The molecule has 0 atom stereocenters. The van der Waals surface area contributed by atoms with E-state index in [0.29, 0.717) is 5.75 Å². The van der Waals surface area contributed by atoms with E-state index in [1.165, 1.54) is 6.07 Å². The Bertz CT molecular complexity index is 1130. The first kappa shape index (κ1) is 24.9. The third-order valence-electron chi connectivity index (χ3n) is 5.02. The minimum absolute atomic E-state index is 0.0798. The molecule has 0 aliphatic heterocycles. The molecule has 3 aromatic rings. The van der Waals surface area contributed by atoms with Gasteiger partial charge in [-0.15, -0.1) is 0 Å². The van der Waals surface area contributed by atoms with Crippen molar-refractivity contribution in [3.05, 3.63) is 82.4 Å². The van der Waals surface area contributed by atoms with E-state index in [1.54, 1.807) is 20.3 Å². The van der Waals surface area contributed by atoms with Gasteiger partial charge in [-0.25, -0.2) is 0 Å². The number of carboxylic acids is 1. The van der Waals surface area contributed by atoms with Crippen LogP contribution < -0.4 is 18.9 Å². The summed E-state index contributed by atoms with van der Waals surface area (Å²) in [6.07, 6.45) is -0.452. The third-order valence-corrected chi connectivity index (χ3v) is 5.40. The highest BCUT2D eigenvalue weighted by atomic mass is 35.5. The first-order valence-corrected chi connectivity index (χ1v) is 10.9. The second kappa shape index (κ2) is 12.0. The van der Waals surface area contributed by atoms with E-state index in [2.05, 4.69) is 0 Å². The number of carbonyl (C=O) groups excluding carboxylic acids is 1. The van der Waals surface area contributed by atoms with Gasteiger partial charge < -0.3 is 24.1 Å². The van der Waals surface area contributed by atoms with Gasteiger partial charge >= 0.3 is 5.97 Å². The molecule has 7 nitrogen and oxygen atoms in total. The normalized spacial score (nSPS) is 10.4. The number of carbonyl (C=O) groups is 2. The van der Waals surface area contributed by atoms with Crippen LogP contribution in [0, 0.1) is 0 Å². The molecule has 34 heavy (non-hydrogen) atoms. The summed E-state index contributed by atoms with van der Waals surface area (Å²) in [4.78, 5) is 23.4. The molecule has 3 aromatic carbocycles. The maximum atomic E-state index is 12.5. The number of ketones is 1. The Hall–Kier alpha value is -3.71. The summed E-state index contributed by atoms with van der Waals surface area (Å²) in [5.74, 6) is 0.593. The number of benzene rings is 3. The summed E-state index contributed by atoms with van der Waals surface area (Å²) in [7, 11) is 3.18. The molecule has 8 heteroatoms. The van der Waals surface area contributed by atoms with Gasteiger partial charge in [0.05, 0.1) is 25.7 Å². The Balaban J connectivity index is 1.83. The van der Waals surface area contributed by atoms with Crippen molar-refractivity contribution in [2.24, 2.45) is 0 Å². The molecule has 0 aromatic heterocycles. The minimum atomic E-state index is -1.06. The predicted molar refractivity (Wildman–Crippen MR) is 127 cm³/mol. The van der Waals surface area contributed by atoms with E-state index >= 15 is 0 Å². The zero-order valence-corrected chi connectivity index (χ0v) is 19.6. The quantitative estimate of drug-likeness (QED) is 0.336. The number of halogens is 1. The highest BCUT2D eigenvalue weighted by Crippen LogP contribution is 2.39. The number of methoxy groups -OCH3 is 2. The van der Waals surface area contributed by atoms with E-state index in [4.69, 9.17) is 35.7 Å². The number of Topliss-reactive ketones (excluding diaryl/α,β-unsaturated/α-hetero) is 1.